The highest BCUT2D eigenvalue weighted by molar-refractivity contribution is 5.82. The van der Waals surface area contributed by atoms with Crippen molar-refractivity contribution in [3.8, 4) is 0 Å². The van der Waals surface area contributed by atoms with Crippen LogP contribution in [0.2, 0.25) is 0 Å². The third-order valence-corrected chi connectivity index (χ3v) is 5.45. The predicted molar refractivity (Wildman–Crippen MR) is 108 cm³/mol. The van der Waals surface area contributed by atoms with E-state index in [9.17, 15) is 0 Å². The molecule has 0 saturated carbocycles. The van der Waals surface area contributed by atoms with Gasteiger partial charge in [0.2, 0.25) is 0 Å². The smallest absolute Gasteiger partial charge is 0.134 e. The number of anilines is 1. The van der Waals surface area contributed by atoms with Gasteiger partial charge in [-0.3, -0.25) is 9.98 Å². The standard InChI is InChI=1S/C22H22N4O/c1-2-6-21-18(4-1)19(16-27-21)22-20(5-3-9-24-22)26-14-12-25(13-15-26)17-7-10-23-11-8-17/h1-2,4-11,16,22H,3,12-15H2. The first-order chi connectivity index (χ1) is 13.4. The molecule has 0 amide bonds. The molecule has 0 radical (unpaired) electrons. The van der Waals surface area contributed by atoms with Gasteiger partial charge in [-0.1, -0.05) is 24.3 Å². The molecule has 0 aliphatic carbocycles. The molecule has 5 heteroatoms. The van der Waals surface area contributed by atoms with Crippen LogP contribution in [0.1, 0.15) is 18.0 Å². The Morgan fingerprint density at radius 1 is 0.926 bits per heavy atom. The van der Waals surface area contributed by atoms with Crippen molar-refractivity contribution in [3.05, 3.63) is 72.4 Å². The summed E-state index contributed by atoms with van der Waals surface area (Å²) in [6, 6.07) is 12.4. The highest BCUT2D eigenvalue weighted by Crippen LogP contribution is 2.36. The van der Waals surface area contributed by atoms with Crippen LogP contribution in [0.5, 0.6) is 0 Å². The van der Waals surface area contributed by atoms with Crippen LogP contribution < -0.4 is 4.90 Å². The number of hydrogen-bond acceptors (Lipinski definition) is 5. The molecule has 5 nitrogen and oxygen atoms in total. The number of aromatic nitrogens is 1. The van der Waals surface area contributed by atoms with E-state index in [1.54, 1.807) is 0 Å². The average Bonchev–Trinajstić information content (AvgIpc) is 3.19. The van der Waals surface area contributed by atoms with Gasteiger partial charge in [-0.25, -0.2) is 0 Å². The fourth-order valence-electron chi connectivity index (χ4n) is 4.06. The molecule has 0 N–H and O–H groups in total. The van der Waals surface area contributed by atoms with Crippen molar-refractivity contribution in [2.45, 2.75) is 12.5 Å². The first-order valence-corrected chi connectivity index (χ1v) is 9.48. The van der Waals surface area contributed by atoms with Gasteiger partial charge >= 0.3 is 0 Å². The van der Waals surface area contributed by atoms with Gasteiger partial charge in [0.05, 0.1) is 6.26 Å². The number of dihydropyridines is 1. The lowest BCUT2D eigenvalue weighted by Crippen LogP contribution is -2.46. The number of piperazine rings is 1. The van der Waals surface area contributed by atoms with Gasteiger partial charge in [-0.2, -0.15) is 0 Å². The van der Waals surface area contributed by atoms with Crippen molar-refractivity contribution < 1.29 is 4.42 Å². The van der Waals surface area contributed by atoms with Gasteiger partial charge in [0, 0.05) is 73.5 Å². The van der Waals surface area contributed by atoms with E-state index < -0.39 is 0 Å². The number of benzene rings is 1. The maximum atomic E-state index is 5.78. The van der Waals surface area contributed by atoms with E-state index in [0.29, 0.717) is 0 Å². The fraction of sp³-hybridized carbons (Fsp3) is 0.273. The molecule has 2 aliphatic heterocycles. The zero-order chi connectivity index (χ0) is 18.1. The zero-order valence-electron chi connectivity index (χ0n) is 15.2. The van der Waals surface area contributed by atoms with E-state index in [-0.39, 0.29) is 6.04 Å². The molecule has 2 aromatic heterocycles. The molecule has 3 aromatic rings. The first-order valence-electron chi connectivity index (χ1n) is 9.48. The number of rotatable bonds is 3. The Morgan fingerprint density at radius 3 is 2.56 bits per heavy atom. The van der Waals surface area contributed by atoms with E-state index in [2.05, 4.69) is 45.1 Å². The molecule has 1 fully saturated rings. The summed E-state index contributed by atoms with van der Waals surface area (Å²) in [7, 11) is 0. The third-order valence-electron chi connectivity index (χ3n) is 5.45. The second kappa shape index (κ2) is 6.91. The van der Waals surface area contributed by atoms with E-state index in [1.807, 2.05) is 37.0 Å². The van der Waals surface area contributed by atoms with Crippen molar-refractivity contribution in [2.75, 3.05) is 31.1 Å². The van der Waals surface area contributed by atoms with E-state index in [1.165, 1.54) is 11.4 Å². The number of nitrogens with zero attached hydrogens (tertiary/aromatic N) is 4. The Hall–Kier alpha value is -3.08. The van der Waals surface area contributed by atoms with Crippen LogP contribution in [0.3, 0.4) is 0 Å². The fourth-order valence-corrected chi connectivity index (χ4v) is 4.06. The first kappa shape index (κ1) is 16.1. The number of aliphatic imine (C=N–C) groups is 1. The predicted octanol–water partition coefficient (Wildman–Crippen LogP) is 4.05. The molecular formula is C22H22N4O. The van der Waals surface area contributed by atoms with E-state index >= 15 is 0 Å². The Bertz CT molecular complexity index is 984. The van der Waals surface area contributed by atoms with Gasteiger partial charge in [-0.05, 0) is 18.2 Å². The molecule has 1 atom stereocenters. The number of para-hydroxylation sites is 1. The molecule has 0 bridgehead atoms. The zero-order valence-corrected chi connectivity index (χ0v) is 15.2. The Labute approximate surface area is 158 Å². The Kier molecular flexibility index (Phi) is 4.13. The summed E-state index contributed by atoms with van der Waals surface area (Å²) in [6.07, 6.45) is 10.8. The number of pyridine rings is 1. The van der Waals surface area contributed by atoms with Crippen molar-refractivity contribution in [3.63, 3.8) is 0 Å². The molecule has 4 heterocycles. The van der Waals surface area contributed by atoms with Crippen molar-refractivity contribution >= 4 is 22.9 Å². The van der Waals surface area contributed by atoms with E-state index in [4.69, 9.17) is 9.41 Å². The van der Waals surface area contributed by atoms with Crippen molar-refractivity contribution in [1.29, 1.82) is 0 Å². The molecule has 5 rings (SSSR count). The largest absolute Gasteiger partial charge is 0.464 e. The quantitative estimate of drug-likeness (QED) is 0.709. The summed E-state index contributed by atoms with van der Waals surface area (Å²) < 4.78 is 5.78. The van der Waals surface area contributed by atoms with Crippen LogP contribution in [-0.4, -0.2) is 42.3 Å². The molecule has 2 aliphatic rings. The highest BCUT2D eigenvalue weighted by Gasteiger charge is 2.28. The minimum atomic E-state index is 0.0230. The van der Waals surface area contributed by atoms with Crippen LogP contribution in [0.4, 0.5) is 5.69 Å². The van der Waals surface area contributed by atoms with Gasteiger partial charge in [0.25, 0.3) is 0 Å². The van der Waals surface area contributed by atoms with Crippen molar-refractivity contribution in [2.24, 2.45) is 4.99 Å². The lowest BCUT2D eigenvalue weighted by atomic mass is 9.99. The minimum Gasteiger partial charge on any atom is -0.464 e. The molecule has 136 valence electrons. The minimum absolute atomic E-state index is 0.0230. The SMILES string of the molecule is C1=NC(c2coc3ccccc23)C(N2CCN(c3ccncc3)CC2)=CC1. The lowest BCUT2D eigenvalue weighted by Gasteiger charge is -2.40. The van der Waals surface area contributed by atoms with Gasteiger partial charge in [0.15, 0.2) is 0 Å². The van der Waals surface area contributed by atoms with Gasteiger partial charge < -0.3 is 14.2 Å². The highest BCUT2D eigenvalue weighted by atomic mass is 16.3. The van der Waals surface area contributed by atoms with E-state index in [0.717, 1.165) is 49.1 Å². The second-order valence-corrected chi connectivity index (χ2v) is 6.97. The summed E-state index contributed by atoms with van der Waals surface area (Å²) in [5.74, 6) is 0. The monoisotopic (exact) mass is 358 g/mol. The number of allylic oxidation sites excluding steroid dienone is 1. The molecule has 1 aromatic carbocycles. The van der Waals surface area contributed by atoms with Gasteiger partial charge in [0.1, 0.15) is 11.6 Å². The molecule has 1 unspecified atom stereocenters. The maximum absolute atomic E-state index is 5.78. The summed E-state index contributed by atoms with van der Waals surface area (Å²) >= 11 is 0. The normalized spacial score (nSPS) is 20.1. The van der Waals surface area contributed by atoms with Crippen LogP contribution in [0, 0.1) is 0 Å². The summed E-state index contributed by atoms with van der Waals surface area (Å²) in [5, 5.41) is 1.16. The summed E-state index contributed by atoms with van der Waals surface area (Å²) in [6.45, 7) is 4.00. The molecule has 1 saturated heterocycles. The molecule has 27 heavy (non-hydrogen) atoms. The van der Waals surface area contributed by atoms with Crippen molar-refractivity contribution in [1.82, 2.24) is 9.88 Å². The Balaban J connectivity index is 1.37. The molecule has 0 spiro atoms. The average molecular weight is 358 g/mol. The summed E-state index contributed by atoms with van der Waals surface area (Å²) in [4.78, 5) is 13.9. The lowest BCUT2D eigenvalue weighted by molar-refractivity contribution is 0.301. The number of hydrogen-bond donors (Lipinski definition) is 0. The van der Waals surface area contributed by atoms with Crippen LogP contribution in [-0.2, 0) is 0 Å². The van der Waals surface area contributed by atoms with Crippen LogP contribution >= 0.6 is 0 Å². The number of furan rings is 1. The third kappa shape index (κ3) is 2.99. The van der Waals surface area contributed by atoms with Crippen LogP contribution in [0.25, 0.3) is 11.0 Å². The Morgan fingerprint density at radius 2 is 1.70 bits per heavy atom. The summed E-state index contributed by atoms with van der Waals surface area (Å²) in [5.41, 5.74) is 4.63. The topological polar surface area (TPSA) is 44.9 Å². The maximum Gasteiger partial charge on any atom is 0.134 e. The number of fused-ring (bicyclic) bond motifs is 1. The molecular weight excluding hydrogens is 336 g/mol. The van der Waals surface area contributed by atoms with Crippen LogP contribution in [0.15, 0.2) is 76.2 Å². The van der Waals surface area contributed by atoms with Gasteiger partial charge in [-0.15, -0.1) is 0 Å². The second-order valence-electron chi connectivity index (χ2n) is 6.97.